The van der Waals surface area contributed by atoms with Crippen LogP contribution in [0.2, 0.25) is 0 Å². The predicted octanol–water partition coefficient (Wildman–Crippen LogP) is -1.06. The van der Waals surface area contributed by atoms with Crippen molar-refractivity contribution in [2.45, 2.75) is 4.90 Å². The van der Waals surface area contributed by atoms with Gasteiger partial charge in [0.25, 0.3) is 11.4 Å². The van der Waals surface area contributed by atoms with Crippen LogP contribution in [0.1, 0.15) is 0 Å². The maximum atomic E-state index is 11.5. The summed E-state index contributed by atoms with van der Waals surface area (Å²) in [5.41, 5.74) is -2.09. The standard InChI is InChI=1S/C10H14N4O8S/c11-23(21,22)10-6-7(12(1-3-15)2-4-16)8(13(17)18)5-9(10)14(19)20/h5-6,15-16H,1-4H2,(H2,11,21,22). The van der Waals surface area contributed by atoms with Gasteiger partial charge in [0.15, 0.2) is 4.90 Å². The molecule has 0 spiro atoms. The highest BCUT2D eigenvalue weighted by atomic mass is 32.2. The van der Waals surface area contributed by atoms with Crippen molar-refractivity contribution in [3.63, 3.8) is 0 Å². The summed E-state index contributed by atoms with van der Waals surface area (Å²) in [6.07, 6.45) is 0. The summed E-state index contributed by atoms with van der Waals surface area (Å²) < 4.78 is 23.0. The van der Waals surface area contributed by atoms with Crippen molar-refractivity contribution in [2.75, 3.05) is 31.2 Å². The molecule has 0 unspecified atom stereocenters. The third-order valence-corrected chi connectivity index (χ3v) is 3.78. The lowest BCUT2D eigenvalue weighted by atomic mass is 10.2. The molecule has 1 aromatic rings. The largest absolute Gasteiger partial charge is 0.395 e. The number of nitro benzene ring substituents is 2. The molecule has 4 N–H and O–H groups in total. The molecule has 128 valence electrons. The fraction of sp³-hybridized carbons (Fsp3) is 0.400. The van der Waals surface area contributed by atoms with Crippen LogP contribution in [0.15, 0.2) is 17.0 Å². The first-order valence-corrected chi connectivity index (χ1v) is 7.64. The summed E-state index contributed by atoms with van der Waals surface area (Å²) in [5, 5.41) is 44.9. The van der Waals surface area contributed by atoms with Gasteiger partial charge in [-0.1, -0.05) is 0 Å². The highest BCUT2D eigenvalue weighted by Crippen LogP contribution is 2.36. The van der Waals surface area contributed by atoms with E-state index in [0.29, 0.717) is 12.1 Å². The molecule has 12 nitrogen and oxygen atoms in total. The van der Waals surface area contributed by atoms with Gasteiger partial charge in [0.05, 0.1) is 29.1 Å². The number of benzene rings is 1. The Hall–Kier alpha value is -2.35. The monoisotopic (exact) mass is 350 g/mol. The van der Waals surface area contributed by atoms with Crippen LogP contribution in [0.25, 0.3) is 0 Å². The molecule has 0 atom stereocenters. The first-order chi connectivity index (χ1) is 10.6. The Morgan fingerprint density at radius 3 is 1.87 bits per heavy atom. The molecule has 0 saturated carbocycles. The van der Waals surface area contributed by atoms with Gasteiger partial charge in [0, 0.05) is 13.1 Å². The molecule has 13 heteroatoms. The molecule has 0 heterocycles. The molecule has 0 radical (unpaired) electrons. The van der Waals surface area contributed by atoms with Crippen molar-refractivity contribution >= 4 is 27.1 Å². The van der Waals surface area contributed by atoms with E-state index in [9.17, 15) is 28.6 Å². The Morgan fingerprint density at radius 1 is 1.04 bits per heavy atom. The van der Waals surface area contributed by atoms with Gasteiger partial charge in [-0.3, -0.25) is 20.2 Å². The maximum absolute atomic E-state index is 11.5. The Balaban J connectivity index is 3.73. The van der Waals surface area contributed by atoms with Crippen LogP contribution >= 0.6 is 0 Å². The molecular formula is C10H14N4O8S. The third-order valence-electron chi connectivity index (χ3n) is 2.84. The number of hydrogen-bond donors (Lipinski definition) is 3. The molecule has 0 amide bonds. The number of primary sulfonamides is 1. The number of anilines is 1. The number of aliphatic hydroxyl groups excluding tert-OH is 2. The van der Waals surface area contributed by atoms with Crippen molar-refractivity contribution in [1.29, 1.82) is 0 Å². The molecule has 1 aromatic carbocycles. The predicted molar refractivity (Wildman–Crippen MR) is 77.5 cm³/mol. The van der Waals surface area contributed by atoms with Crippen LogP contribution in [-0.4, -0.2) is 54.8 Å². The Morgan fingerprint density at radius 2 is 1.52 bits per heavy atom. The average molecular weight is 350 g/mol. The molecule has 23 heavy (non-hydrogen) atoms. The number of nitrogens with zero attached hydrogens (tertiary/aromatic N) is 3. The first-order valence-electron chi connectivity index (χ1n) is 6.09. The average Bonchev–Trinajstić information content (AvgIpc) is 2.44. The van der Waals surface area contributed by atoms with E-state index in [-0.39, 0.29) is 18.8 Å². The minimum absolute atomic E-state index is 0.163. The van der Waals surface area contributed by atoms with E-state index < -0.39 is 49.4 Å². The molecule has 0 aliphatic rings. The van der Waals surface area contributed by atoms with E-state index in [4.69, 9.17) is 15.4 Å². The Kier molecular flexibility index (Phi) is 5.91. The van der Waals surface area contributed by atoms with Gasteiger partial charge in [-0.2, -0.15) is 0 Å². The topological polar surface area (TPSA) is 190 Å². The summed E-state index contributed by atoms with van der Waals surface area (Å²) in [6.45, 7) is -1.22. The summed E-state index contributed by atoms with van der Waals surface area (Å²) >= 11 is 0. The number of hydrogen-bond acceptors (Lipinski definition) is 9. The number of nitrogens with two attached hydrogens (primary N) is 1. The van der Waals surface area contributed by atoms with Crippen LogP contribution in [-0.2, 0) is 10.0 Å². The van der Waals surface area contributed by atoms with Crippen molar-refractivity contribution in [2.24, 2.45) is 5.14 Å². The molecule has 0 aromatic heterocycles. The third kappa shape index (κ3) is 4.32. The van der Waals surface area contributed by atoms with Crippen LogP contribution in [0, 0.1) is 20.2 Å². The second kappa shape index (κ2) is 7.28. The molecule has 0 aliphatic carbocycles. The normalized spacial score (nSPS) is 11.3. The van der Waals surface area contributed by atoms with E-state index in [2.05, 4.69) is 0 Å². The summed E-state index contributed by atoms with van der Waals surface area (Å²) in [6, 6.07) is 1.17. The number of nitro groups is 2. The fourth-order valence-electron chi connectivity index (χ4n) is 1.91. The second-order valence-corrected chi connectivity index (χ2v) is 5.83. The highest BCUT2D eigenvalue weighted by Gasteiger charge is 2.31. The zero-order valence-corrected chi connectivity index (χ0v) is 12.5. The lowest BCUT2D eigenvalue weighted by molar-refractivity contribution is -0.395. The van der Waals surface area contributed by atoms with E-state index in [1.54, 1.807) is 0 Å². The molecule has 0 fully saturated rings. The zero-order chi connectivity index (χ0) is 17.8. The first kappa shape index (κ1) is 18.7. The molecule has 0 bridgehead atoms. The molecule has 1 rings (SSSR count). The quantitative estimate of drug-likeness (QED) is 0.387. The minimum atomic E-state index is -4.52. The van der Waals surface area contributed by atoms with E-state index in [1.807, 2.05) is 0 Å². The van der Waals surface area contributed by atoms with Gasteiger partial charge in [0.1, 0.15) is 5.69 Å². The number of aliphatic hydroxyl groups is 2. The summed E-state index contributed by atoms with van der Waals surface area (Å²) in [5.74, 6) is 0. The van der Waals surface area contributed by atoms with Gasteiger partial charge >= 0.3 is 0 Å². The van der Waals surface area contributed by atoms with Gasteiger partial charge in [-0.25, -0.2) is 13.6 Å². The summed E-state index contributed by atoms with van der Waals surface area (Å²) in [7, 11) is -4.52. The van der Waals surface area contributed by atoms with E-state index in [0.717, 1.165) is 4.90 Å². The lowest BCUT2D eigenvalue weighted by Crippen LogP contribution is -2.30. The van der Waals surface area contributed by atoms with Crippen molar-refractivity contribution in [1.82, 2.24) is 0 Å². The lowest BCUT2D eigenvalue weighted by Gasteiger charge is -2.23. The van der Waals surface area contributed by atoms with Crippen LogP contribution in [0.5, 0.6) is 0 Å². The second-order valence-electron chi connectivity index (χ2n) is 4.30. The Bertz CT molecular complexity index is 714. The molecule has 0 aliphatic heterocycles. The van der Waals surface area contributed by atoms with E-state index >= 15 is 0 Å². The fourth-order valence-corrected chi connectivity index (χ4v) is 2.61. The smallest absolute Gasteiger partial charge is 0.299 e. The summed E-state index contributed by atoms with van der Waals surface area (Å²) in [4.78, 5) is 20.3. The Labute approximate surface area is 130 Å². The van der Waals surface area contributed by atoms with Crippen molar-refractivity contribution in [3.8, 4) is 0 Å². The molecular weight excluding hydrogens is 336 g/mol. The van der Waals surface area contributed by atoms with Crippen LogP contribution < -0.4 is 10.0 Å². The van der Waals surface area contributed by atoms with Gasteiger partial charge in [-0.15, -0.1) is 0 Å². The van der Waals surface area contributed by atoms with Crippen molar-refractivity contribution < 1.29 is 28.5 Å². The zero-order valence-electron chi connectivity index (χ0n) is 11.7. The maximum Gasteiger partial charge on any atom is 0.299 e. The van der Waals surface area contributed by atoms with Gasteiger partial charge < -0.3 is 15.1 Å². The van der Waals surface area contributed by atoms with Crippen LogP contribution in [0.3, 0.4) is 0 Å². The number of rotatable bonds is 8. The molecule has 0 saturated heterocycles. The van der Waals surface area contributed by atoms with Gasteiger partial charge in [0.2, 0.25) is 10.0 Å². The van der Waals surface area contributed by atoms with Gasteiger partial charge in [-0.05, 0) is 6.07 Å². The van der Waals surface area contributed by atoms with Crippen molar-refractivity contribution in [3.05, 3.63) is 32.4 Å². The van der Waals surface area contributed by atoms with Crippen LogP contribution in [0.4, 0.5) is 17.1 Å². The SMILES string of the molecule is NS(=O)(=O)c1cc(N(CCO)CCO)c([N+](=O)[O-])cc1[N+](=O)[O-]. The van der Waals surface area contributed by atoms with E-state index in [1.165, 1.54) is 0 Å². The highest BCUT2D eigenvalue weighted by molar-refractivity contribution is 7.89. The number of sulfonamides is 1. The minimum Gasteiger partial charge on any atom is -0.395 e.